The summed E-state index contributed by atoms with van der Waals surface area (Å²) in [5, 5.41) is 9.71. The third kappa shape index (κ3) is 3.37. The molecule has 21 heavy (non-hydrogen) atoms. The molecule has 0 aromatic carbocycles. The van der Waals surface area contributed by atoms with Gasteiger partial charge in [-0.1, -0.05) is 0 Å². The summed E-state index contributed by atoms with van der Waals surface area (Å²) in [5.41, 5.74) is 0. The van der Waals surface area contributed by atoms with Crippen molar-refractivity contribution in [1.82, 2.24) is 9.80 Å². The van der Waals surface area contributed by atoms with E-state index >= 15 is 0 Å². The first kappa shape index (κ1) is 14.4. The molecule has 0 unspecified atom stereocenters. The average molecular weight is 307 g/mol. The largest absolute Gasteiger partial charge is 0.465 e. The Bertz CT molecular complexity index is 560. The number of β-amino-alcohol motifs (C(OH)–C–C–N with tert-alkyl or cyclic N) is 1. The topological polar surface area (TPSA) is 69.3 Å². The highest BCUT2D eigenvalue weighted by molar-refractivity contribution is 8.18. The molecule has 0 bridgehead atoms. The van der Waals surface area contributed by atoms with E-state index in [9.17, 15) is 4.79 Å². The van der Waals surface area contributed by atoms with Crippen LogP contribution in [0.15, 0.2) is 32.7 Å². The van der Waals surface area contributed by atoms with E-state index in [1.165, 1.54) is 11.8 Å². The molecule has 0 spiro atoms. The zero-order valence-corrected chi connectivity index (χ0v) is 12.4. The minimum atomic E-state index is -0.204. The van der Waals surface area contributed by atoms with E-state index in [0.717, 1.165) is 31.3 Å². The number of aliphatic imine (C=N–C) groups is 1. The maximum atomic E-state index is 11.9. The normalized spacial score (nSPS) is 22.1. The Kier molecular flexibility index (Phi) is 4.42. The number of hydrogen-bond acceptors (Lipinski definition) is 6. The molecule has 112 valence electrons. The van der Waals surface area contributed by atoms with Crippen LogP contribution in [-0.2, 0) is 4.79 Å². The molecular weight excluding hydrogens is 290 g/mol. The minimum absolute atomic E-state index is 0.185. The van der Waals surface area contributed by atoms with Crippen molar-refractivity contribution in [3.8, 4) is 0 Å². The molecule has 1 saturated heterocycles. The molecule has 1 fully saturated rings. The fourth-order valence-corrected chi connectivity index (χ4v) is 3.28. The second-order valence-corrected chi connectivity index (χ2v) is 5.89. The Hall–Kier alpha value is -1.57. The van der Waals surface area contributed by atoms with Crippen LogP contribution in [0.25, 0.3) is 6.08 Å². The molecule has 1 N–H and O–H groups in total. The first-order valence-electron chi connectivity index (χ1n) is 6.90. The van der Waals surface area contributed by atoms with E-state index in [1.807, 2.05) is 6.07 Å². The van der Waals surface area contributed by atoms with Crippen LogP contribution in [0.1, 0.15) is 5.76 Å². The maximum absolute atomic E-state index is 11.9. The van der Waals surface area contributed by atoms with Gasteiger partial charge >= 0.3 is 0 Å². The number of carbonyl (C=O) groups excluding carboxylic acids is 1. The summed E-state index contributed by atoms with van der Waals surface area (Å²) in [6, 6.07) is 3.60. The van der Waals surface area contributed by atoms with E-state index in [2.05, 4.69) is 14.8 Å². The predicted molar refractivity (Wildman–Crippen MR) is 81.8 cm³/mol. The molecule has 0 atom stereocenters. The summed E-state index contributed by atoms with van der Waals surface area (Å²) in [7, 11) is 0. The summed E-state index contributed by atoms with van der Waals surface area (Å²) < 4.78 is 5.23. The standard InChI is InChI=1S/C14H17N3O3S/c18-8-7-16-3-5-17(6-4-16)14-15-13(19)12(21-14)10-11-2-1-9-20-11/h1-2,9-10,18H,3-8H2/b12-10-. The lowest BCUT2D eigenvalue weighted by Gasteiger charge is -2.34. The highest BCUT2D eigenvalue weighted by Crippen LogP contribution is 2.30. The van der Waals surface area contributed by atoms with Crippen LogP contribution in [0.2, 0.25) is 0 Å². The molecule has 1 aromatic rings. The number of aliphatic hydroxyl groups excluding tert-OH is 1. The molecular formula is C14H17N3O3S. The number of amidine groups is 1. The van der Waals surface area contributed by atoms with Gasteiger partial charge in [0.1, 0.15) is 5.76 Å². The van der Waals surface area contributed by atoms with Crippen molar-refractivity contribution in [1.29, 1.82) is 0 Å². The summed E-state index contributed by atoms with van der Waals surface area (Å²) in [5.74, 6) is 0.458. The summed E-state index contributed by atoms with van der Waals surface area (Å²) in [6.07, 6.45) is 3.31. The van der Waals surface area contributed by atoms with Crippen molar-refractivity contribution in [3.05, 3.63) is 29.1 Å². The lowest BCUT2D eigenvalue weighted by Crippen LogP contribution is -2.48. The second-order valence-electron chi connectivity index (χ2n) is 4.88. The van der Waals surface area contributed by atoms with Crippen LogP contribution < -0.4 is 0 Å². The highest BCUT2D eigenvalue weighted by atomic mass is 32.2. The lowest BCUT2D eigenvalue weighted by molar-refractivity contribution is -0.113. The summed E-state index contributed by atoms with van der Waals surface area (Å²) in [4.78, 5) is 21.0. The number of piperazine rings is 1. The molecule has 6 nitrogen and oxygen atoms in total. The van der Waals surface area contributed by atoms with Crippen LogP contribution in [0, 0.1) is 0 Å². The second kappa shape index (κ2) is 6.46. The fraction of sp³-hybridized carbons (Fsp3) is 0.429. The molecule has 1 aromatic heterocycles. The van der Waals surface area contributed by atoms with Gasteiger partial charge in [0.25, 0.3) is 5.91 Å². The number of nitrogens with zero attached hydrogens (tertiary/aromatic N) is 3. The van der Waals surface area contributed by atoms with Crippen LogP contribution in [0.4, 0.5) is 0 Å². The van der Waals surface area contributed by atoms with Gasteiger partial charge in [-0.05, 0) is 23.9 Å². The van der Waals surface area contributed by atoms with Crippen LogP contribution in [-0.4, -0.2) is 65.3 Å². The van der Waals surface area contributed by atoms with Gasteiger partial charge in [-0.15, -0.1) is 0 Å². The van der Waals surface area contributed by atoms with Gasteiger partial charge in [0.05, 0.1) is 17.8 Å². The fourth-order valence-electron chi connectivity index (χ4n) is 2.34. The van der Waals surface area contributed by atoms with Crippen molar-refractivity contribution in [2.24, 2.45) is 4.99 Å². The van der Waals surface area contributed by atoms with Gasteiger partial charge < -0.3 is 14.4 Å². The molecule has 1 amide bonds. The van der Waals surface area contributed by atoms with E-state index < -0.39 is 0 Å². The number of hydrogen-bond donors (Lipinski definition) is 1. The van der Waals surface area contributed by atoms with Gasteiger partial charge in [-0.25, -0.2) is 0 Å². The van der Waals surface area contributed by atoms with E-state index in [4.69, 9.17) is 9.52 Å². The predicted octanol–water partition coefficient (Wildman–Crippen LogP) is 0.860. The van der Waals surface area contributed by atoms with Gasteiger partial charge in [0.15, 0.2) is 5.17 Å². The smallest absolute Gasteiger partial charge is 0.286 e. The molecule has 0 saturated carbocycles. The molecule has 7 heteroatoms. The van der Waals surface area contributed by atoms with E-state index in [1.54, 1.807) is 18.4 Å². The number of carbonyl (C=O) groups is 1. The van der Waals surface area contributed by atoms with Crippen molar-refractivity contribution in [2.75, 3.05) is 39.3 Å². The van der Waals surface area contributed by atoms with Gasteiger partial charge in [-0.2, -0.15) is 4.99 Å². The molecule has 3 rings (SSSR count). The number of furan rings is 1. The zero-order chi connectivity index (χ0) is 14.7. The van der Waals surface area contributed by atoms with E-state index in [-0.39, 0.29) is 12.5 Å². The monoisotopic (exact) mass is 307 g/mol. The number of amides is 1. The van der Waals surface area contributed by atoms with Gasteiger partial charge in [0.2, 0.25) is 0 Å². The molecule has 0 radical (unpaired) electrons. The quantitative estimate of drug-likeness (QED) is 0.835. The highest BCUT2D eigenvalue weighted by Gasteiger charge is 2.28. The SMILES string of the molecule is O=C1N=C(N2CCN(CCO)CC2)S/C1=C\c1ccco1. The maximum Gasteiger partial charge on any atom is 0.286 e. The third-order valence-corrected chi connectivity index (χ3v) is 4.53. The Morgan fingerprint density at radius 2 is 2.19 bits per heavy atom. The Morgan fingerprint density at radius 1 is 1.38 bits per heavy atom. The van der Waals surface area contributed by atoms with Crippen molar-refractivity contribution >= 4 is 28.9 Å². The molecule has 2 aliphatic rings. The van der Waals surface area contributed by atoms with E-state index in [0.29, 0.717) is 17.2 Å². The van der Waals surface area contributed by atoms with Crippen molar-refractivity contribution in [3.63, 3.8) is 0 Å². The third-order valence-electron chi connectivity index (χ3n) is 3.48. The molecule has 3 heterocycles. The molecule has 2 aliphatic heterocycles. The summed E-state index contributed by atoms with van der Waals surface area (Å²) in [6.45, 7) is 4.30. The van der Waals surface area contributed by atoms with Gasteiger partial charge in [0, 0.05) is 38.8 Å². The molecule has 0 aliphatic carbocycles. The van der Waals surface area contributed by atoms with Crippen LogP contribution in [0.5, 0.6) is 0 Å². The minimum Gasteiger partial charge on any atom is -0.465 e. The Morgan fingerprint density at radius 3 is 2.86 bits per heavy atom. The number of rotatable bonds is 3. The first-order chi connectivity index (χ1) is 10.3. The number of thioether (sulfide) groups is 1. The average Bonchev–Trinajstić information content (AvgIpc) is 3.11. The summed E-state index contributed by atoms with van der Waals surface area (Å²) >= 11 is 1.40. The van der Waals surface area contributed by atoms with Crippen LogP contribution in [0.3, 0.4) is 0 Å². The van der Waals surface area contributed by atoms with Crippen LogP contribution >= 0.6 is 11.8 Å². The zero-order valence-electron chi connectivity index (χ0n) is 11.6. The van der Waals surface area contributed by atoms with Crippen molar-refractivity contribution < 1.29 is 14.3 Å². The number of aliphatic hydroxyl groups is 1. The van der Waals surface area contributed by atoms with Gasteiger partial charge in [-0.3, -0.25) is 9.69 Å². The first-order valence-corrected chi connectivity index (χ1v) is 7.72. The Labute approximate surface area is 127 Å². The lowest BCUT2D eigenvalue weighted by atomic mass is 10.3. The van der Waals surface area contributed by atoms with Crippen molar-refractivity contribution in [2.45, 2.75) is 0 Å². The Balaban J connectivity index is 1.61.